The van der Waals surface area contributed by atoms with Gasteiger partial charge in [-0.3, -0.25) is 4.98 Å². The lowest BCUT2D eigenvalue weighted by molar-refractivity contribution is 0.0998. The zero-order valence-corrected chi connectivity index (χ0v) is 14.8. The molecule has 0 radical (unpaired) electrons. The lowest BCUT2D eigenvalue weighted by atomic mass is 10.1. The number of halogens is 1. The summed E-state index contributed by atoms with van der Waals surface area (Å²) in [6.07, 6.45) is 12.3. The third-order valence-corrected chi connectivity index (χ3v) is 5.16. The fourth-order valence-electron chi connectivity index (χ4n) is 3.55. The number of likely N-dealkylation sites (tertiary alicyclic amines) is 1. The molecular formula is C18H26ClN3O2. The Hall–Kier alpha value is -1.49. The molecule has 2 aliphatic rings. The van der Waals surface area contributed by atoms with Crippen LogP contribution in [0, 0.1) is 0 Å². The maximum atomic E-state index is 12.6. The fourth-order valence-corrected chi connectivity index (χ4v) is 3.71. The molecule has 132 valence electrons. The van der Waals surface area contributed by atoms with E-state index < -0.39 is 0 Å². The van der Waals surface area contributed by atoms with Crippen LogP contribution in [-0.4, -0.2) is 41.2 Å². The highest BCUT2D eigenvalue weighted by atomic mass is 35.5. The van der Waals surface area contributed by atoms with Gasteiger partial charge in [-0.1, -0.05) is 37.3 Å². The van der Waals surface area contributed by atoms with Crippen LogP contribution < -0.4 is 10.1 Å². The molecule has 1 N–H and O–H groups in total. The molecule has 6 heteroatoms. The number of piperidine rings is 1. The molecule has 1 aliphatic heterocycles. The first-order valence-electron chi connectivity index (χ1n) is 9.04. The molecule has 2 fully saturated rings. The number of carbonyl (C=O) groups excluding carboxylic acids is 1. The van der Waals surface area contributed by atoms with Crippen LogP contribution in [0.1, 0.15) is 51.4 Å². The maximum Gasteiger partial charge on any atom is 0.317 e. The predicted molar refractivity (Wildman–Crippen MR) is 94.5 cm³/mol. The largest absolute Gasteiger partial charge is 0.487 e. The van der Waals surface area contributed by atoms with E-state index in [1.807, 2.05) is 4.90 Å². The van der Waals surface area contributed by atoms with Crippen LogP contribution in [-0.2, 0) is 0 Å². The van der Waals surface area contributed by atoms with E-state index in [2.05, 4.69) is 10.3 Å². The second kappa shape index (κ2) is 8.56. The summed E-state index contributed by atoms with van der Waals surface area (Å²) in [6, 6.07) is 2.15. The monoisotopic (exact) mass is 351 g/mol. The molecule has 2 amide bonds. The number of rotatable bonds is 3. The molecule has 1 atom stereocenters. The zero-order chi connectivity index (χ0) is 16.8. The average molecular weight is 352 g/mol. The van der Waals surface area contributed by atoms with E-state index in [1.165, 1.54) is 25.7 Å². The topological polar surface area (TPSA) is 54.5 Å². The van der Waals surface area contributed by atoms with Crippen molar-refractivity contribution in [3.05, 3.63) is 23.5 Å². The number of hydrogen-bond donors (Lipinski definition) is 1. The van der Waals surface area contributed by atoms with Gasteiger partial charge in [0.25, 0.3) is 0 Å². The SMILES string of the molecule is O=C(NC1CCCCCC1)N1CCCC(Oc2ccncc2Cl)C1. The van der Waals surface area contributed by atoms with Gasteiger partial charge in [0.15, 0.2) is 0 Å². The minimum absolute atomic E-state index is 0.0152. The highest BCUT2D eigenvalue weighted by Crippen LogP contribution is 2.25. The number of carbonyl (C=O) groups is 1. The van der Waals surface area contributed by atoms with Gasteiger partial charge in [-0.25, -0.2) is 4.79 Å². The van der Waals surface area contributed by atoms with Gasteiger partial charge in [0, 0.05) is 31.0 Å². The summed E-state index contributed by atoms with van der Waals surface area (Å²) >= 11 is 6.11. The van der Waals surface area contributed by atoms with Gasteiger partial charge in [-0.15, -0.1) is 0 Å². The Kier molecular flexibility index (Phi) is 6.18. The Bertz CT molecular complexity index is 547. The molecule has 1 aromatic heterocycles. The molecular weight excluding hydrogens is 326 g/mol. The molecule has 1 aliphatic carbocycles. The molecule has 1 aromatic rings. The van der Waals surface area contributed by atoms with Crippen LogP contribution in [0.3, 0.4) is 0 Å². The van der Waals surface area contributed by atoms with E-state index in [-0.39, 0.29) is 12.1 Å². The smallest absolute Gasteiger partial charge is 0.317 e. The van der Waals surface area contributed by atoms with Gasteiger partial charge in [-0.05, 0) is 25.7 Å². The van der Waals surface area contributed by atoms with E-state index in [0.29, 0.717) is 23.4 Å². The number of aromatic nitrogens is 1. The van der Waals surface area contributed by atoms with Gasteiger partial charge in [-0.2, -0.15) is 0 Å². The normalized spacial score (nSPS) is 22.7. The van der Waals surface area contributed by atoms with E-state index >= 15 is 0 Å². The first-order valence-corrected chi connectivity index (χ1v) is 9.42. The highest BCUT2D eigenvalue weighted by molar-refractivity contribution is 6.31. The quantitative estimate of drug-likeness (QED) is 0.837. The lowest BCUT2D eigenvalue weighted by Crippen LogP contribution is -2.50. The van der Waals surface area contributed by atoms with E-state index in [1.54, 1.807) is 18.5 Å². The molecule has 0 spiro atoms. The lowest BCUT2D eigenvalue weighted by Gasteiger charge is -2.34. The molecule has 5 nitrogen and oxygen atoms in total. The summed E-state index contributed by atoms with van der Waals surface area (Å²) in [5.74, 6) is 0.641. The van der Waals surface area contributed by atoms with Crippen molar-refractivity contribution in [1.29, 1.82) is 0 Å². The Morgan fingerprint density at radius 1 is 1.21 bits per heavy atom. The molecule has 1 saturated heterocycles. The van der Waals surface area contributed by atoms with E-state index in [0.717, 1.165) is 32.2 Å². The molecule has 0 aromatic carbocycles. The number of ether oxygens (including phenoxy) is 1. The van der Waals surface area contributed by atoms with Gasteiger partial charge < -0.3 is 15.0 Å². The molecule has 2 heterocycles. The number of nitrogens with one attached hydrogen (secondary N) is 1. The third-order valence-electron chi connectivity index (χ3n) is 4.88. The summed E-state index contributed by atoms with van der Waals surface area (Å²) in [6.45, 7) is 1.40. The molecule has 1 unspecified atom stereocenters. The summed E-state index contributed by atoms with van der Waals surface area (Å²) < 4.78 is 5.98. The summed E-state index contributed by atoms with van der Waals surface area (Å²) in [4.78, 5) is 18.4. The van der Waals surface area contributed by atoms with Crippen molar-refractivity contribution in [3.8, 4) is 5.75 Å². The first kappa shape index (κ1) is 17.3. The van der Waals surface area contributed by atoms with Crippen molar-refractivity contribution >= 4 is 17.6 Å². The minimum Gasteiger partial charge on any atom is -0.487 e. The van der Waals surface area contributed by atoms with Crippen LogP contribution in [0.2, 0.25) is 5.02 Å². The number of pyridine rings is 1. The Balaban J connectivity index is 1.52. The van der Waals surface area contributed by atoms with Gasteiger partial charge in [0.2, 0.25) is 0 Å². The molecule has 1 saturated carbocycles. The van der Waals surface area contributed by atoms with E-state index in [4.69, 9.17) is 16.3 Å². The second-order valence-corrected chi connectivity index (χ2v) is 7.18. The summed E-state index contributed by atoms with van der Waals surface area (Å²) in [5, 5.41) is 3.73. The zero-order valence-electron chi connectivity index (χ0n) is 14.0. The minimum atomic E-state index is -0.0152. The van der Waals surface area contributed by atoms with Crippen molar-refractivity contribution in [1.82, 2.24) is 15.2 Å². The Morgan fingerprint density at radius 2 is 2.00 bits per heavy atom. The van der Waals surface area contributed by atoms with Crippen LogP contribution in [0.5, 0.6) is 5.75 Å². The van der Waals surface area contributed by atoms with Crippen molar-refractivity contribution in [3.63, 3.8) is 0 Å². The van der Waals surface area contributed by atoms with Crippen LogP contribution >= 0.6 is 11.6 Å². The summed E-state index contributed by atoms with van der Waals surface area (Å²) in [5.41, 5.74) is 0. The van der Waals surface area contributed by atoms with Crippen molar-refractivity contribution in [2.24, 2.45) is 0 Å². The van der Waals surface area contributed by atoms with Crippen molar-refractivity contribution < 1.29 is 9.53 Å². The third kappa shape index (κ3) is 4.76. The van der Waals surface area contributed by atoms with Gasteiger partial charge in [0.1, 0.15) is 16.9 Å². The summed E-state index contributed by atoms with van der Waals surface area (Å²) in [7, 11) is 0. The average Bonchev–Trinajstić information content (AvgIpc) is 2.86. The number of urea groups is 1. The van der Waals surface area contributed by atoms with E-state index in [9.17, 15) is 4.79 Å². The van der Waals surface area contributed by atoms with Crippen LogP contribution in [0.4, 0.5) is 4.79 Å². The van der Waals surface area contributed by atoms with Crippen molar-refractivity contribution in [2.75, 3.05) is 13.1 Å². The van der Waals surface area contributed by atoms with Crippen LogP contribution in [0.15, 0.2) is 18.5 Å². The predicted octanol–water partition coefficient (Wildman–Crippen LogP) is 4.01. The maximum absolute atomic E-state index is 12.6. The number of hydrogen-bond acceptors (Lipinski definition) is 3. The number of amides is 2. The highest BCUT2D eigenvalue weighted by Gasteiger charge is 2.26. The van der Waals surface area contributed by atoms with Gasteiger partial charge in [0.05, 0.1) is 6.54 Å². The Labute approximate surface area is 148 Å². The fraction of sp³-hybridized carbons (Fsp3) is 0.667. The van der Waals surface area contributed by atoms with Gasteiger partial charge >= 0.3 is 6.03 Å². The first-order chi connectivity index (χ1) is 11.7. The molecule has 3 rings (SSSR count). The Morgan fingerprint density at radius 3 is 2.75 bits per heavy atom. The standard InChI is InChI=1S/C18H26ClN3O2/c19-16-12-20-10-9-17(16)24-15-8-5-11-22(13-15)18(23)21-14-6-3-1-2-4-7-14/h9-10,12,14-15H,1-8,11,13H2,(H,21,23). The van der Waals surface area contributed by atoms with Crippen LogP contribution in [0.25, 0.3) is 0 Å². The number of nitrogens with zero attached hydrogens (tertiary/aromatic N) is 2. The molecule has 24 heavy (non-hydrogen) atoms. The van der Waals surface area contributed by atoms with Crippen molar-refractivity contribution in [2.45, 2.75) is 63.5 Å². The second-order valence-electron chi connectivity index (χ2n) is 6.77. The molecule has 0 bridgehead atoms.